The Balaban J connectivity index is 2.86. The van der Waals surface area contributed by atoms with Crippen LogP contribution in [0, 0.1) is 5.82 Å². The molecule has 72 valence electrons. The van der Waals surface area contributed by atoms with Crippen molar-refractivity contribution < 1.29 is 9.50 Å². The molecule has 0 aliphatic rings. The molecule has 0 saturated heterocycles. The third-order valence-corrected chi connectivity index (χ3v) is 2.24. The summed E-state index contributed by atoms with van der Waals surface area (Å²) in [5, 5.41) is 9.88. The molecule has 4 heteroatoms. The summed E-state index contributed by atoms with van der Waals surface area (Å²) in [6, 6.07) is 4.44. The smallest absolute Gasteiger partial charge is 0.150 e. The molecule has 0 aliphatic heterocycles. The highest BCUT2D eigenvalue weighted by Crippen LogP contribution is 2.23. The summed E-state index contributed by atoms with van der Waals surface area (Å²) in [6.45, 7) is -0.154. The standard InChI is InChI=1S/C10H7ClFNO/c11-7-3-8-6(5-14)1-2-13-10(8)9(12)4-7/h1-4,14H,5H2. The lowest BCUT2D eigenvalue weighted by atomic mass is 10.1. The molecule has 0 radical (unpaired) electrons. The van der Waals surface area contributed by atoms with Gasteiger partial charge in [0, 0.05) is 16.6 Å². The maximum atomic E-state index is 13.3. The zero-order chi connectivity index (χ0) is 10.1. The van der Waals surface area contributed by atoms with Crippen LogP contribution in [0.4, 0.5) is 4.39 Å². The number of aromatic nitrogens is 1. The SMILES string of the molecule is OCc1ccnc2c(F)cc(Cl)cc12. The molecule has 0 bridgehead atoms. The van der Waals surface area contributed by atoms with Gasteiger partial charge in [0.1, 0.15) is 5.52 Å². The van der Waals surface area contributed by atoms with Crippen molar-refractivity contribution in [2.45, 2.75) is 6.61 Å². The van der Waals surface area contributed by atoms with E-state index in [1.54, 1.807) is 12.1 Å². The van der Waals surface area contributed by atoms with Crippen LogP contribution in [-0.2, 0) is 6.61 Å². The second kappa shape index (κ2) is 3.52. The minimum Gasteiger partial charge on any atom is -0.392 e. The monoisotopic (exact) mass is 211 g/mol. The maximum absolute atomic E-state index is 13.3. The van der Waals surface area contributed by atoms with Gasteiger partial charge in [-0.15, -0.1) is 0 Å². The minimum absolute atomic E-state index is 0.154. The first-order valence-electron chi connectivity index (χ1n) is 4.06. The Bertz CT molecular complexity index is 487. The summed E-state index contributed by atoms with van der Waals surface area (Å²) in [4.78, 5) is 3.89. The number of pyridine rings is 1. The average molecular weight is 212 g/mol. The number of aliphatic hydroxyl groups is 1. The molecule has 14 heavy (non-hydrogen) atoms. The van der Waals surface area contributed by atoms with E-state index >= 15 is 0 Å². The number of hydrogen-bond donors (Lipinski definition) is 1. The number of fused-ring (bicyclic) bond motifs is 1. The van der Waals surface area contributed by atoms with E-state index in [4.69, 9.17) is 16.7 Å². The average Bonchev–Trinajstić information content (AvgIpc) is 2.17. The van der Waals surface area contributed by atoms with Crippen molar-refractivity contribution in [2.24, 2.45) is 0 Å². The van der Waals surface area contributed by atoms with E-state index in [9.17, 15) is 4.39 Å². The van der Waals surface area contributed by atoms with Crippen LogP contribution >= 0.6 is 11.6 Å². The largest absolute Gasteiger partial charge is 0.392 e. The van der Waals surface area contributed by atoms with Gasteiger partial charge < -0.3 is 5.11 Å². The van der Waals surface area contributed by atoms with Gasteiger partial charge in [-0.05, 0) is 23.8 Å². The summed E-state index contributed by atoms with van der Waals surface area (Å²) >= 11 is 5.70. The van der Waals surface area contributed by atoms with Crippen molar-refractivity contribution in [2.75, 3.05) is 0 Å². The molecule has 0 fully saturated rings. The maximum Gasteiger partial charge on any atom is 0.150 e. The Morgan fingerprint density at radius 3 is 2.93 bits per heavy atom. The zero-order valence-electron chi connectivity index (χ0n) is 7.17. The second-order valence-electron chi connectivity index (χ2n) is 2.91. The second-order valence-corrected chi connectivity index (χ2v) is 3.35. The van der Waals surface area contributed by atoms with Crippen molar-refractivity contribution in [3.05, 3.63) is 40.8 Å². The quantitative estimate of drug-likeness (QED) is 0.786. The highest BCUT2D eigenvalue weighted by atomic mass is 35.5. The van der Waals surface area contributed by atoms with Crippen molar-refractivity contribution in [1.29, 1.82) is 0 Å². The van der Waals surface area contributed by atoms with Crippen LogP contribution in [0.2, 0.25) is 5.02 Å². The first-order valence-corrected chi connectivity index (χ1v) is 4.43. The van der Waals surface area contributed by atoms with Gasteiger partial charge in [-0.1, -0.05) is 11.6 Å². The Hall–Kier alpha value is -1.19. The number of benzene rings is 1. The van der Waals surface area contributed by atoms with Crippen LogP contribution in [0.25, 0.3) is 10.9 Å². The van der Waals surface area contributed by atoms with Crippen LogP contribution in [0.1, 0.15) is 5.56 Å². The van der Waals surface area contributed by atoms with Gasteiger partial charge in [0.15, 0.2) is 5.82 Å². The van der Waals surface area contributed by atoms with Gasteiger partial charge in [0.25, 0.3) is 0 Å². The fourth-order valence-corrected chi connectivity index (χ4v) is 1.58. The van der Waals surface area contributed by atoms with E-state index in [0.717, 1.165) is 0 Å². The van der Waals surface area contributed by atoms with E-state index in [1.807, 2.05) is 0 Å². The van der Waals surface area contributed by atoms with E-state index in [0.29, 0.717) is 16.0 Å². The fraction of sp³-hybridized carbons (Fsp3) is 0.100. The Labute approximate surface area is 85.0 Å². The molecule has 2 nitrogen and oxygen atoms in total. The summed E-state index contributed by atoms with van der Waals surface area (Å²) in [5.41, 5.74) is 0.859. The summed E-state index contributed by atoms with van der Waals surface area (Å²) in [5.74, 6) is -0.470. The summed E-state index contributed by atoms with van der Waals surface area (Å²) in [6.07, 6.45) is 1.46. The minimum atomic E-state index is -0.470. The molecule has 2 rings (SSSR count). The topological polar surface area (TPSA) is 33.1 Å². The number of hydrogen-bond acceptors (Lipinski definition) is 2. The van der Waals surface area contributed by atoms with Crippen molar-refractivity contribution in [3.63, 3.8) is 0 Å². The molecule has 1 N–H and O–H groups in total. The lowest BCUT2D eigenvalue weighted by Gasteiger charge is -2.04. The van der Waals surface area contributed by atoms with Crippen molar-refractivity contribution in [1.82, 2.24) is 4.98 Å². The van der Waals surface area contributed by atoms with Gasteiger partial charge in [0.05, 0.1) is 6.61 Å². The van der Waals surface area contributed by atoms with E-state index in [-0.39, 0.29) is 12.1 Å². The number of halogens is 2. The molecule has 0 atom stereocenters. The Morgan fingerprint density at radius 1 is 1.43 bits per heavy atom. The Kier molecular flexibility index (Phi) is 2.35. The van der Waals surface area contributed by atoms with E-state index in [2.05, 4.69) is 4.98 Å². The van der Waals surface area contributed by atoms with Gasteiger partial charge in [-0.25, -0.2) is 4.39 Å². The van der Waals surface area contributed by atoms with Crippen LogP contribution < -0.4 is 0 Å². The fourth-order valence-electron chi connectivity index (χ4n) is 1.37. The normalized spacial score (nSPS) is 10.8. The molecular formula is C10H7ClFNO. The summed E-state index contributed by atoms with van der Waals surface area (Å²) < 4.78 is 13.3. The number of nitrogens with zero attached hydrogens (tertiary/aromatic N) is 1. The molecule has 0 unspecified atom stereocenters. The predicted octanol–water partition coefficient (Wildman–Crippen LogP) is 2.52. The van der Waals surface area contributed by atoms with Crippen LogP contribution in [0.15, 0.2) is 24.4 Å². The van der Waals surface area contributed by atoms with Crippen molar-refractivity contribution in [3.8, 4) is 0 Å². The predicted molar refractivity (Wildman–Crippen MR) is 52.6 cm³/mol. The van der Waals surface area contributed by atoms with E-state index in [1.165, 1.54) is 12.3 Å². The highest BCUT2D eigenvalue weighted by molar-refractivity contribution is 6.31. The van der Waals surface area contributed by atoms with E-state index < -0.39 is 5.82 Å². The molecule has 0 spiro atoms. The molecule has 0 aliphatic carbocycles. The molecule has 0 saturated carbocycles. The van der Waals surface area contributed by atoms with Crippen LogP contribution in [-0.4, -0.2) is 10.1 Å². The van der Waals surface area contributed by atoms with Gasteiger partial charge in [-0.3, -0.25) is 4.98 Å². The third kappa shape index (κ3) is 1.45. The first kappa shape index (κ1) is 9.37. The molecule has 0 amide bonds. The highest BCUT2D eigenvalue weighted by Gasteiger charge is 2.07. The van der Waals surface area contributed by atoms with Gasteiger partial charge >= 0.3 is 0 Å². The molecule has 1 aromatic carbocycles. The van der Waals surface area contributed by atoms with Gasteiger partial charge in [-0.2, -0.15) is 0 Å². The van der Waals surface area contributed by atoms with Crippen LogP contribution in [0.3, 0.4) is 0 Å². The Morgan fingerprint density at radius 2 is 2.21 bits per heavy atom. The molecule has 1 aromatic heterocycles. The summed E-state index contributed by atoms with van der Waals surface area (Å²) in [7, 11) is 0. The molecular weight excluding hydrogens is 205 g/mol. The number of rotatable bonds is 1. The molecule has 2 aromatic rings. The lowest BCUT2D eigenvalue weighted by molar-refractivity contribution is 0.283. The van der Waals surface area contributed by atoms with Crippen molar-refractivity contribution >= 4 is 22.5 Å². The third-order valence-electron chi connectivity index (χ3n) is 2.02. The molecule has 1 heterocycles. The van der Waals surface area contributed by atoms with Gasteiger partial charge in [0.2, 0.25) is 0 Å². The lowest BCUT2D eigenvalue weighted by Crippen LogP contribution is -1.90. The number of aliphatic hydroxyl groups excluding tert-OH is 1. The zero-order valence-corrected chi connectivity index (χ0v) is 7.92. The van der Waals surface area contributed by atoms with Crippen LogP contribution in [0.5, 0.6) is 0 Å². The first-order chi connectivity index (χ1) is 6.72.